The first-order valence-electron chi connectivity index (χ1n) is 43.5. The van der Waals surface area contributed by atoms with E-state index in [2.05, 4.69) is 476 Å². The molecule has 0 saturated heterocycles. The minimum atomic E-state index is -0.392. The Bertz CT molecular complexity index is 7500. The van der Waals surface area contributed by atoms with Crippen LogP contribution in [0.1, 0.15) is 37.0 Å². The predicted octanol–water partition coefficient (Wildman–Crippen LogP) is 34.3. The van der Waals surface area contributed by atoms with Crippen molar-refractivity contribution in [3.8, 4) is 103 Å². The van der Waals surface area contributed by atoms with Crippen molar-refractivity contribution in [1.29, 1.82) is 0 Å². The molecule has 17 aromatic carbocycles. The molecule has 20 aromatic rings. The molecule has 1 atom stereocenters. The van der Waals surface area contributed by atoms with Crippen molar-refractivity contribution in [2.24, 2.45) is 0 Å². The van der Waals surface area contributed by atoms with Crippen LogP contribution in [0, 0.1) is 0 Å². The molecule has 8 heteroatoms. The van der Waals surface area contributed by atoms with Crippen molar-refractivity contribution >= 4 is 118 Å². The molecule has 1 aliphatic heterocycles. The molecule has 0 N–H and O–H groups in total. The van der Waals surface area contributed by atoms with Gasteiger partial charge in [-0.2, -0.15) is 0 Å². The number of thiophene rings is 2. The summed E-state index contributed by atoms with van der Waals surface area (Å²) in [5.41, 5.74) is 35.5. The molecule has 3 aromatic heterocycles. The SMILES string of the molecule is CC1(C)c2cc(N(c3ccc(-c4ccc(N(c5ccccc5)c5ccc(-c6cccc7c6OC6CC=CC=C76)cc5)cc4)cc3)c3ccc(-c4ccc(-c5ccccc5)s4)cc3)ccc2-c2ccc(N(c3ccc(-c4ccc(N(c5ccccc5)c5ccc(-c6cccc7c6oc6ccccc67)cc5)cc4)cc3)c3ccc(-c4ccc(-c5ccccc5)s4)cc3)cc21. The lowest BCUT2D eigenvalue weighted by atomic mass is 9.82. The highest BCUT2D eigenvalue weighted by Gasteiger charge is 2.38. The highest BCUT2D eigenvalue weighted by atomic mass is 32.1. The van der Waals surface area contributed by atoms with Gasteiger partial charge in [-0.25, -0.2) is 0 Å². The van der Waals surface area contributed by atoms with Crippen LogP contribution in [-0.4, -0.2) is 6.10 Å². The average Bonchev–Trinajstić information content (AvgIpc) is 1.61. The van der Waals surface area contributed by atoms with E-state index in [9.17, 15) is 0 Å². The Morgan fingerprint density at radius 2 is 0.575 bits per heavy atom. The third-order valence-electron chi connectivity index (χ3n) is 25.5. The second kappa shape index (κ2) is 32.3. The molecule has 6 nitrogen and oxygen atoms in total. The zero-order valence-electron chi connectivity index (χ0n) is 70.0. The number of allylic oxidation sites excluding steroid dienone is 2. The Morgan fingerprint density at radius 3 is 1.00 bits per heavy atom. The van der Waals surface area contributed by atoms with Gasteiger partial charge in [0.15, 0.2) is 0 Å². The number of para-hydroxylation sites is 5. The van der Waals surface area contributed by atoms with Gasteiger partial charge in [-0.3, -0.25) is 0 Å². The molecule has 1 unspecified atom stereocenters. The summed E-state index contributed by atoms with van der Waals surface area (Å²) in [7, 11) is 0. The average molecular weight is 1670 g/mol. The molecule has 0 radical (unpaired) electrons. The number of ether oxygens (including phenoxy) is 1. The Hall–Kier alpha value is -15.6. The summed E-state index contributed by atoms with van der Waals surface area (Å²) in [5.74, 6) is 0.970. The van der Waals surface area contributed by atoms with E-state index in [1.54, 1.807) is 0 Å². The molecule has 2 aliphatic carbocycles. The quantitative estimate of drug-likeness (QED) is 0.0757. The van der Waals surface area contributed by atoms with E-state index in [-0.39, 0.29) is 6.10 Å². The van der Waals surface area contributed by atoms with Crippen molar-refractivity contribution in [1.82, 2.24) is 0 Å². The second-order valence-corrected chi connectivity index (χ2v) is 35.6. The van der Waals surface area contributed by atoms with E-state index >= 15 is 0 Å². The Balaban J connectivity index is 0.557. The first-order valence-corrected chi connectivity index (χ1v) is 45.1. The van der Waals surface area contributed by atoms with Crippen molar-refractivity contribution in [2.45, 2.75) is 31.8 Å². The van der Waals surface area contributed by atoms with Gasteiger partial charge in [-0.1, -0.05) is 293 Å². The van der Waals surface area contributed by atoms with Gasteiger partial charge in [-0.05, 0) is 254 Å². The molecule has 0 saturated carbocycles. The molecule has 23 rings (SSSR count). The zero-order valence-corrected chi connectivity index (χ0v) is 71.6. The lowest BCUT2D eigenvalue weighted by Crippen LogP contribution is -2.17. The van der Waals surface area contributed by atoms with Gasteiger partial charge in [0, 0.05) is 133 Å². The standard InChI is InChI=1S/C119H84N4O2S2/c1-119(2)109-77-99(122(97-65-49-87(50-66-97)115-75-73-113(126-115)85-21-7-3-8-22-85)95-57-41-81(42-58-95)79-37-53-91(54-38-79)120(89-25-11-5-12-26-89)93-61-45-83(46-62-93)101-31-19-33-107-105-29-15-17-35-111(105)124-117(101)107)69-71-103(109)104-72-70-100(78-110(104)119)123(98-67-51-88(52-68-98)116-76-74-114(127-116)86-23-9-4-10-24-86)96-59-43-82(44-60-96)80-39-55-92(56-40-80)121(90-27-13-6-14-28-90)94-63-47-84(48-64-94)102-32-20-34-108-106-30-16-18-36-112(106)125-118(102)108/h3-35,37-78,112H,36H2,1-2H3. The summed E-state index contributed by atoms with van der Waals surface area (Å²) < 4.78 is 13.1. The van der Waals surface area contributed by atoms with E-state index in [1.807, 2.05) is 34.8 Å². The van der Waals surface area contributed by atoms with Gasteiger partial charge in [0.2, 0.25) is 0 Å². The maximum absolute atomic E-state index is 6.63. The summed E-state index contributed by atoms with van der Waals surface area (Å²) in [4.78, 5) is 14.5. The van der Waals surface area contributed by atoms with Crippen LogP contribution < -0.4 is 24.3 Å². The number of fused-ring (bicyclic) bond motifs is 9. The highest BCUT2D eigenvalue weighted by Crippen LogP contribution is 2.55. The van der Waals surface area contributed by atoms with Crippen LogP contribution in [0.25, 0.3) is 125 Å². The van der Waals surface area contributed by atoms with Crippen LogP contribution >= 0.6 is 22.7 Å². The van der Waals surface area contributed by atoms with Crippen molar-refractivity contribution < 1.29 is 9.15 Å². The smallest absolute Gasteiger partial charge is 0.143 e. The fourth-order valence-corrected chi connectivity index (χ4v) is 21.0. The molecule has 4 heterocycles. The molecule has 127 heavy (non-hydrogen) atoms. The van der Waals surface area contributed by atoms with Gasteiger partial charge in [0.25, 0.3) is 0 Å². The fourth-order valence-electron chi connectivity index (χ4n) is 19.0. The van der Waals surface area contributed by atoms with Crippen LogP contribution in [-0.2, 0) is 5.41 Å². The van der Waals surface area contributed by atoms with Crippen LogP contribution in [0.4, 0.5) is 68.2 Å². The van der Waals surface area contributed by atoms with Gasteiger partial charge < -0.3 is 28.8 Å². The number of rotatable bonds is 20. The first-order chi connectivity index (χ1) is 62.7. The number of hydrogen-bond donors (Lipinski definition) is 0. The summed E-state index contributed by atoms with van der Waals surface area (Å²) in [6.07, 6.45) is 7.49. The molecule has 3 aliphatic rings. The molecule has 0 amide bonds. The monoisotopic (exact) mass is 1660 g/mol. The minimum Gasteiger partial charge on any atom is -0.484 e. The van der Waals surface area contributed by atoms with Gasteiger partial charge >= 0.3 is 0 Å². The maximum Gasteiger partial charge on any atom is 0.143 e. The molecule has 0 fully saturated rings. The molecular weight excluding hydrogens is 1580 g/mol. The first kappa shape index (κ1) is 76.3. The summed E-state index contributed by atoms with van der Waals surface area (Å²) in [5, 5.41) is 2.25. The normalized spacial score (nSPS) is 13.3. The number of hydrogen-bond acceptors (Lipinski definition) is 8. The number of anilines is 12. The van der Waals surface area contributed by atoms with E-state index < -0.39 is 5.41 Å². The molecule has 0 bridgehead atoms. The van der Waals surface area contributed by atoms with Gasteiger partial charge in [-0.15, -0.1) is 22.7 Å². The van der Waals surface area contributed by atoms with Crippen LogP contribution in [0.2, 0.25) is 0 Å². The Labute approximate surface area is 748 Å². The Morgan fingerprint density at radius 1 is 0.260 bits per heavy atom. The second-order valence-electron chi connectivity index (χ2n) is 33.4. The summed E-state index contributed by atoms with van der Waals surface area (Å²) in [6, 6.07) is 159. The predicted molar refractivity (Wildman–Crippen MR) is 535 cm³/mol. The maximum atomic E-state index is 6.63. The number of nitrogens with zero attached hydrogens (tertiary/aromatic N) is 4. The van der Waals surface area contributed by atoms with Crippen LogP contribution in [0.3, 0.4) is 0 Å². The fraction of sp³-hybridized carbons (Fsp3) is 0.0420. The zero-order chi connectivity index (χ0) is 84.5. The largest absolute Gasteiger partial charge is 0.484 e. The van der Waals surface area contributed by atoms with Gasteiger partial charge in [0.1, 0.15) is 23.0 Å². The third-order valence-corrected chi connectivity index (χ3v) is 27.8. The lowest BCUT2D eigenvalue weighted by molar-refractivity contribution is 0.280. The third kappa shape index (κ3) is 14.2. The van der Waals surface area contributed by atoms with Crippen molar-refractivity contribution in [3.05, 3.63) is 472 Å². The van der Waals surface area contributed by atoms with E-state index in [4.69, 9.17) is 9.15 Å². The number of furan rings is 1. The topological polar surface area (TPSA) is 35.3 Å². The van der Waals surface area contributed by atoms with Crippen LogP contribution in [0.15, 0.2) is 459 Å². The van der Waals surface area contributed by atoms with E-state index in [1.165, 1.54) is 75.2 Å². The molecule has 604 valence electrons. The lowest BCUT2D eigenvalue weighted by Gasteiger charge is -2.29. The van der Waals surface area contributed by atoms with Crippen LogP contribution in [0.5, 0.6) is 5.75 Å². The Kier molecular flexibility index (Phi) is 19.4. The van der Waals surface area contributed by atoms with Crippen molar-refractivity contribution in [2.75, 3.05) is 19.6 Å². The van der Waals surface area contributed by atoms with Gasteiger partial charge in [0.05, 0.1) is 0 Å². The highest BCUT2D eigenvalue weighted by molar-refractivity contribution is 7.19. The van der Waals surface area contributed by atoms with E-state index in [0.717, 1.165) is 147 Å². The molecular formula is C119H84N4O2S2. The van der Waals surface area contributed by atoms with Crippen molar-refractivity contribution in [3.63, 3.8) is 0 Å². The van der Waals surface area contributed by atoms with E-state index in [0.29, 0.717) is 0 Å². The number of benzene rings is 17. The molecule has 0 spiro atoms. The summed E-state index contributed by atoms with van der Waals surface area (Å²) >= 11 is 3.66. The summed E-state index contributed by atoms with van der Waals surface area (Å²) in [6.45, 7) is 4.81. The minimum absolute atomic E-state index is 0.0671.